The highest BCUT2D eigenvalue weighted by molar-refractivity contribution is 7.11. The van der Waals surface area contributed by atoms with Gasteiger partial charge in [-0.2, -0.15) is 0 Å². The van der Waals surface area contributed by atoms with E-state index in [0.29, 0.717) is 16.7 Å². The third kappa shape index (κ3) is 3.20. The van der Waals surface area contributed by atoms with Crippen LogP contribution in [0.2, 0.25) is 0 Å². The molecule has 5 heteroatoms. The summed E-state index contributed by atoms with van der Waals surface area (Å²) in [6.45, 7) is 1.91. The molecular formula is C17H17NO3S. The summed E-state index contributed by atoms with van der Waals surface area (Å²) in [5, 5.41) is 5.84. The molecule has 1 aliphatic rings. The van der Waals surface area contributed by atoms with Gasteiger partial charge >= 0.3 is 5.97 Å². The number of carbonyl (C=O) groups is 1. The van der Waals surface area contributed by atoms with Gasteiger partial charge in [-0.3, -0.25) is 0 Å². The molecule has 1 fully saturated rings. The zero-order chi connectivity index (χ0) is 15.5. The van der Waals surface area contributed by atoms with Crippen LogP contribution in [0.25, 0.3) is 0 Å². The highest BCUT2D eigenvalue weighted by atomic mass is 32.1. The third-order valence-electron chi connectivity index (χ3n) is 3.87. The monoisotopic (exact) mass is 315 g/mol. The van der Waals surface area contributed by atoms with E-state index in [-0.39, 0.29) is 0 Å². The smallest absolute Gasteiger partial charge is 0.375 e. The van der Waals surface area contributed by atoms with Crippen LogP contribution in [0.4, 0.5) is 0 Å². The fraction of sp³-hybridized carbons (Fsp3) is 0.294. The standard InChI is InChI=1S/C17H17NO3S/c1-11(18-21-17(19)16-4-3-9-22-16)14-10-15(14)12-5-7-13(20-2)8-6-12/h3-9,14-15H,10H2,1-2H3/b18-11-/t14-,15-/m1/s1. The summed E-state index contributed by atoms with van der Waals surface area (Å²) in [6, 6.07) is 11.6. The first-order valence-electron chi connectivity index (χ1n) is 7.12. The van der Waals surface area contributed by atoms with E-state index in [1.54, 1.807) is 13.2 Å². The van der Waals surface area contributed by atoms with Gasteiger partial charge in [0.1, 0.15) is 10.6 Å². The fourth-order valence-electron chi connectivity index (χ4n) is 2.50. The van der Waals surface area contributed by atoms with Crippen LogP contribution in [-0.2, 0) is 4.84 Å². The SMILES string of the molecule is COc1ccc([C@H]2C[C@@H]2/C(C)=N\OC(=O)c2cccs2)cc1. The van der Waals surface area contributed by atoms with Crippen molar-refractivity contribution in [1.82, 2.24) is 0 Å². The van der Waals surface area contributed by atoms with Crippen LogP contribution < -0.4 is 4.74 Å². The van der Waals surface area contributed by atoms with Crippen LogP contribution in [0.3, 0.4) is 0 Å². The molecule has 1 heterocycles. The Morgan fingerprint density at radius 2 is 2.05 bits per heavy atom. The molecule has 0 saturated heterocycles. The molecule has 1 aliphatic carbocycles. The summed E-state index contributed by atoms with van der Waals surface area (Å²) < 4.78 is 5.16. The van der Waals surface area contributed by atoms with Crippen LogP contribution >= 0.6 is 11.3 Å². The molecule has 0 bridgehead atoms. The van der Waals surface area contributed by atoms with Crippen molar-refractivity contribution in [3.8, 4) is 5.75 Å². The Kier molecular flexibility index (Phi) is 4.24. The molecular weight excluding hydrogens is 298 g/mol. The Morgan fingerprint density at radius 3 is 2.68 bits per heavy atom. The van der Waals surface area contributed by atoms with Crippen molar-refractivity contribution in [2.24, 2.45) is 11.1 Å². The molecule has 1 aromatic carbocycles. The van der Waals surface area contributed by atoms with Gasteiger partial charge < -0.3 is 9.57 Å². The highest BCUT2D eigenvalue weighted by Gasteiger charge is 2.40. The number of hydrogen-bond acceptors (Lipinski definition) is 5. The Bertz CT molecular complexity index is 676. The van der Waals surface area contributed by atoms with Crippen molar-refractivity contribution >= 4 is 23.0 Å². The van der Waals surface area contributed by atoms with E-state index >= 15 is 0 Å². The van der Waals surface area contributed by atoms with Crippen LogP contribution in [0, 0.1) is 5.92 Å². The molecule has 4 nitrogen and oxygen atoms in total. The summed E-state index contributed by atoms with van der Waals surface area (Å²) >= 11 is 1.35. The van der Waals surface area contributed by atoms with Gasteiger partial charge in [0.2, 0.25) is 0 Å². The van der Waals surface area contributed by atoms with Gasteiger partial charge in [-0.25, -0.2) is 4.79 Å². The Hall–Kier alpha value is -2.14. The van der Waals surface area contributed by atoms with Gasteiger partial charge in [0, 0.05) is 5.92 Å². The molecule has 2 aromatic rings. The fourth-order valence-corrected chi connectivity index (χ4v) is 3.09. The lowest BCUT2D eigenvalue weighted by Gasteiger charge is -2.03. The highest BCUT2D eigenvalue weighted by Crippen LogP contribution is 2.48. The molecule has 0 N–H and O–H groups in total. The average Bonchev–Trinajstić information content (AvgIpc) is 3.17. The largest absolute Gasteiger partial charge is 0.497 e. The molecule has 114 valence electrons. The molecule has 0 radical (unpaired) electrons. The topological polar surface area (TPSA) is 47.9 Å². The van der Waals surface area contributed by atoms with E-state index in [4.69, 9.17) is 9.57 Å². The lowest BCUT2D eigenvalue weighted by Crippen LogP contribution is -2.03. The van der Waals surface area contributed by atoms with E-state index < -0.39 is 5.97 Å². The van der Waals surface area contributed by atoms with E-state index in [0.717, 1.165) is 17.9 Å². The molecule has 3 rings (SSSR count). The maximum atomic E-state index is 11.7. The molecule has 22 heavy (non-hydrogen) atoms. The van der Waals surface area contributed by atoms with E-state index in [1.165, 1.54) is 16.9 Å². The Morgan fingerprint density at radius 1 is 1.27 bits per heavy atom. The minimum absolute atomic E-state index is 0.351. The molecule has 0 unspecified atom stereocenters. The van der Waals surface area contributed by atoms with Crippen LogP contribution in [0.5, 0.6) is 5.75 Å². The van der Waals surface area contributed by atoms with Crippen LogP contribution in [-0.4, -0.2) is 18.8 Å². The minimum Gasteiger partial charge on any atom is -0.497 e. The molecule has 1 aromatic heterocycles. The number of rotatable bonds is 5. The zero-order valence-electron chi connectivity index (χ0n) is 12.5. The van der Waals surface area contributed by atoms with Gasteiger partial charge in [-0.1, -0.05) is 23.4 Å². The molecule has 0 aliphatic heterocycles. The molecule has 0 spiro atoms. The molecule has 1 saturated carbocycles. The number of hydrogen-bond donors (Lipinski definition) is 0. The summed E-state index contributed by atoms with van der Waals surface area (Å²) in [5.74, 6) is 1.27. The van der Waals surface area contributed by atoms with Gasteiger partial charge in [0.15, 0.2) is 0 Å². The predicted octanol–water partition coefficient (Wildman–Crippen LogP) is 4.09. The number of benzene rings is 1. The Balaban J connectivity index is 1.58. The van der Waals surface area contributed by atoms with Crippen molar-refractivity contribution in [3.63, 3.8) is 0 Å². The first-order chi connectivity index (χ1) is 10.7. The second-order valence-electron chi connectivity index (χ2n) is 5.31. The number of nitrogens with zero attached hydrogens (tertiary/aromatic N) is 1. The second kappa shape index (κ2) is 6.32. The number of carbonyl (C=O) groups excluding carboxylic acids is 1. The third-order valence-corrected chi connectivity index (χ3v) is 4.72. The van der Waals surface area contributed by atoms with Crippen molar-refractivity contribution in [1.29, 1.82) is 0 Å². The maximum absolute atomic E-state index is 11.7. The van der Waals surface area contributed by atoms with Crippen LogP contribution in [0.1, 0.15) is 34.5 Å². The van der Waals surface area contributed by atoms with Crippen molar-refractivity contribution in [2.75, 3.05) is 7.11 Å². The lowest BCUT2D eigenvalue weighted by atomic mass is 10.1. The predicted molar refractivity (Wildman–Crippen MR) is 86.7 cm³/mol. The number of oxime groups is 1. The van der Waals surface area contributed by atoms with Crippen LogP contribution in [0.15, 0.2) is 46.9 Å². The van der Waals surface area contributed by atoms with Gasteiger partial charge in [-0.15, -0.1) is 11.3 Å². The van der Waals surface area contributed by atoms with E-state index in [2.05, 4.69) is 17.3 Å². The van der Waals surface area contributed by atoms with E-state index in [9.17, 15) is 4.79 Å². The first kappa shape index (κ1) is 14.8. The van der Waals surface area contributed by atoms with Crippen molar-refractivity contribution < 1.29 is 14.4 Å². The molecule has 2 atom stereocenters. The normalized spacial score (nSPS) is 20.5. The summed E-state index contributed by atoms with van der Waals surface area (Å²) in [5.41, 5.74) is 2.13. The minimum atomic E-state index is -0.393. The zero-order valence-corrected chi connectivity index (χ0v) is 13.3. The van der Waals surface area contributed by atoms with Crippen molar-refractivity contribution in [3.05, 3.63) is 52.2 Å². The first-order valence-corrected chi connectivity index (χ1v) is 8.00. The average molecular weight is 315 g/mol. The summed E-state index contributed by atoms with van der Waals surface area (Å²) in [4.78, 5) is 17.3. The summed E-state index contributed by atoms with van der Waals surface area (Å²) in [6.07, 6.45) is 1.04. The molecule has 0 amide bonds. The number of thiophene rings is 1. The summed E-state index contributed by atoms with van der Waals surface area (Å²) in [7, 11) is 1.66. The van der Waals surface area contributed by atoms with E-state index in [1.807, 2.05) is 30.5 Å². The number of methoxy groups -OCH3 is 1. The Labute approximate surface area is 133 Å². The van der Waals surface area contributed by atoms with Gasteiger partial charge in [-0.05, 0) is 48.4 Å². The lowest BCUT2D eigenvalue weighted by molar-refractivity contribution is 0.0520. The second-order valence-corrected chi connectivity index (χ2v) is 6.26. The van der Waals surface area contributed by atoms with Gasteiger partial charge in [0.05, 0.1) is 12.8 Å². The number of ether oxygens (including phenoxy) is 1. The maximum Gasteiger partial charge on any atom is 0.375 e. The quantitative estimate of drug-likeness (QED) is 0.474. The van der Waals surface area contributed by atoms with Gasteiger partial charge in [0.25, 0.3) is 0 Å². The van der Waals surface area contributed by atoms with Crippen molar-refractivity contribution in [2.45, 2.75) is 19.3 Å².